The lowest BCUT2D eigenvalue weighted by Gasteiger charge is -2.25. The van der Waals surface area contributed by atoms with Crippen LogP contribution in [0.5, 0.6) is 0 Å². The number of nitrogens with two attached hydrogens (primary N) is 1. The Balaban J connectivity index is 1.55. The predicted octanol–water partition coefficient (Wildman–Crippen LogP) is 3.76. The maximum Gasteiger partial charge on any atom is 0.134 e. The summed E-state index contributed by atoms with van der Waals surface area (Å²) in [4.78, 5) is 0. The average molecular weight is 270 g/mol. The van der Waals surface area contributed by atoms with Crippen molar-refractivity contribution < 1.29 is 4.42 Å². The van der Waals surface area contributed by atoms with Crippen molar-refractivity contribution in [2.75, 3.05) is 0 Å². The Morgan fingerprint density at radius 1 is 1.25 bits per heavy atom. The van der Waals surface area contributed by atoms with Crippen LogP contribution >= 0.6 is 0 Å². The molecule has 2 fully saturated rings. The van der Waals surface area contributed by atoms with Crippen LogP contribution in [0.2, 0.25) is 0 Å². The fourth-order valence-corrected chi connectivity index (χ4v) is 4.41. The predicted molar refractivity (Wildman–Crippen MR) is 79.8 cm³/mol. The first-order chi connectivity index (χ1) is 9.83. The van der Waals surface area contributed by atoms with Gasteiger partial charge in [-0.25, -0.2) is 5.43 Å². The van der Waals surface area contributed by atoms with E-state index in [0.717, 1.165) is 40.9 Å². The second kappa shape index (κ2) is 4.90. The van der Waals surface area contributed by atoms with Crippen molar-refractivity contribution in [3.63, 3.8) is 0 Å². The van der Waals surface area contributed by atoms with Crippen molar-refractivity contribution in [3.05, 3.63) is 36.1 Å². The summed E-state index contributed by atoms with van der Waals surface area (Å²) in [5, 5.41) is 1.16. The minimum atomic E-state index is 0.145. The molecule has 4 rings (SSSR count). The Labute approximate surface area is 119 Å². The van der Waals surface area contributed by atoms with Crippen LogP contribution in [0.15, 0.2) is 34.7 Å². The second-order valence-electron chi connectivity index (χ2n) is 6.58. The van der Waals surface area contributed by atoms with Gasteiger partial charge in [0.25, 0.3) is 0 Å². The molecular weight excluding hydrogens is 248 g/mol. The van der Waals surface area contributed by atoms with Gasteiger partial charge in [0.05, 0.1) is 6.04 Å². The van der Waals surface area contributed by atoms with E-state index in [-0.39, 0.29) is 6.04 Å². The first-order valence-electron chi connectivity index (χ1n) is 7.78. The molecule has 2 saturated carbocycles. The summed E-state index contributed by atoms with van der Waals surface area (Å²) >= 11 is 0. The molecule has 4 atom stereocenters. The van der Waals surface area contributed by atoms with E-state index in [9.17, 15) is 0 Å². The van der Waals surface area contributed by atoms with Gasteiger partial charge in [0, 0.05) is 5.39 Å². The number of hydrazine groups is 1. The number of furan rings is 1. The van der Waals surface area contributed by atoms with Gasteiger partial charge in [-0.15, -0.1) is 0 Å². The zero-order valence-corrected chi connectivity index (χ0v) is 11.7. The van der Waals surface area contributed by atoms with Crippen LogP contribution in [-0.4, -0.2) is 0 Å². The van der Waals surface area contributed by atoms with E-state index >= 15 is 0 Å². The number of hydrogen-bond donors (Lipinski definition) is 2. The molecule has 1 aromatic heterocycles. The van der Waals surface area contributed by atoms with Gasteiger partial charge in [-0.2, -0.15) is 0 Å². The normalized spacial score (nSPS) is 30.1. The number of nitrogens with one attached hydrogen (secondary N) is 1. The molecule has 0 radical (unpaired) electrons. The van der Waals surface area contributed by atoms with Crippen LogP contribution in [0.3, 0.4) is 0 Å². The number of para-hydroxylation sites is 1. The third-order valence-corrected chi connectivity index (χ3v) is 5.41. The highest BCUT2D eigenvalue weighted by molar-refractivity contribution is 5.77. The van der Waals surface area contributed by atoms with Gasteiger partial charge in [-0.1, -0.05) is 24.6 Å². The van der Waals surface area contributed by atoms with Crippen LogP contribution in [0.4, 0.5) is 0 Å². The molecule has 2 bridgehead atoms. The summed E-state index contributed by atoms with van der Waals surface area (Å²) < 4.78 is 5.97. The summed E-state index contributed by atoms with van der Waals surface area (Å²) in [7, 11) is 0. The highest BCUT2D eigenvalue weighted by Gasteiger charge is 2.40. The SMILES string of the molecule is NNC(CC1CC2CCC1C2)c1cc2ccccc2o1. The third kappa shape index (κ3) is 2.05. The Kier molecular flexibility index (Phi) is 3.04. The van der Waals surface area contributed by atoms with E-state index in [4.69, 9.17) is 10.3 Å². The molecule has 3 nitrogen and oxygen atoms in total. The fraction of sp³-hybridized carbons (Fsp3) is 0.529. The van der Waals surface area contributed by atoms with Crippen LogP contribution in [0, 0.1) is 17.8 Å². The zero-order valence-electron chi connectivity index (χ0n) is 11.7. The van der Waals surface area contributed by atoms with E-state index in [0.29, 0.717) is 0 Å². The molecule has 0 saturated heterocycles. The minimum absolute atomic E-state index is 0.145. The van der Waals surface area contributed by atoms with E-state index < -0.39 is 0 Å². The molecule has 3 N–H and O–H groups in total. The summed E-state index contributed by atoms with van der Waals surface area (Å²) in [5.74, 6) is 9.51. The Hall–Kier alpha value is -1.32. The quantitative estimate of drug-likeness (QED) is 0.657. The summed E-state index contributed by atoms with van der Waals surface area (Å²) in [6.07, 6.45) is 6.82. The highest BCUT2D eigenvalue weighted by Crippen LogP contribution is 2.51. The standard InChI is InChI=1S/C17H22N2O/c18-19-15(9-14-8-11-5-6-12(14)7-11)17-10-13-3-1-2-4-16(13)20-17/h1-4,10-12,14-15,19H,5-9,18H2. The van der Waals surface area contributed by atoms with Gasteiger partial charge in [0.2, 0.25) is 0 Å². The zero-order chi connectivity index (χ0) is 13.5. The van der Waals surface area contributed by atoms with Gasteiger partial charge < -0.3 is 4.42 Å². The van der Waals surface area contributed by atoms with Crippen molar-refractivity contribution in [3.8, 4) is 0 Å². The maximum absolute atomic E-state index is 5.97. The largest absolute Gasteiger partial charge is 0.459 e. The molecule has 3 heteroatoms. The smallest absolute Gasteiger partial charge is 0.134 e. The minimum Gasteiger partial charge on any atom is -0.459 e. The molecule has 1 heterocycles. The lowest BCUT2D eigenvalue weighted by atomic mass is 9.84. The fourth-order valence-electron chi connectivity index (χ4n) is 4.41. The van der Waals surface area contributed by atoms with Crippen LogP contribution in [0.1, 0.15) is 43.9 Å². The van der Waals surface area contributed by atoms with Crippen molar-refractivity contribution in [2.24, 2.45) is 23.6 Å². The maximum atomic E-state index is 5.97. The van der Waals surface area contributed by atoms with Gasteiger partial charge in [0.15, 0.2) is 0 Å². The van der Waals surface area contributed by atoms with Crippen molar-refractivity contribution in [2.45, 2.75) is 38.1 Å². The molecule has 4 unspecified atom stereocenters. The second-order valence-corrected chi connectivity index (χ2v) is 6.58. The monoisotopic (exact) mass is 270 g/mol. The number of benzene rings is 1. The highest BCUT2D eigenvalue weighted by atomic mass is 16.3. The topological polar surface area (TPSA) is 51.2 Å². The van der Waals surface area contributed by atoms with E-state index in [1.807, 2.05) is 18.2 Å². The molecular formula is C17H22N2O. The van der Waals surface area contributed by atoms with E-state index in [1.165, 1.54) is 25.7 Å². The Morgan fingerprint density at radius 3 is 2.85 bits per heavy atom. The number of hydrogen-bond acceptors (Lipinski definition) is 3. The lowest BCUT2D eigenvalue weighted by molar-refractivity contribution is 0.266. The molecule has 0 spiro atoms. The lowest BCUT2D eigenvalue weighted by Crippen LogP contribution is -2.30. The Morgan fingerprint density at radius 2 is 2.15 bits per heavy atom. The molecule has 1 aromatic carbocycles. The van der Waals surface area contributed by atoms with Crippen LogP contribution in [-0.2, 0) is 0 Å². The summed E-state index contributed by atoms with van der Waals surface area (Å²) in [6.45, 7) is 0. The molecule has 106 valence electrons. The molecule has 0 amide bonds. The van der Waals surface area contributed by atoms with Crippen molar-refractivity contribution >= 4 is 11.0 Å². The Bertz CT molecular complexity index is 573. The third-order valence-electron chi connectivity index (χ3n) is 5.41. The number of fused-ring (bicyclic) bond motifs is 3. The first-order valence-corrected chi connectivity index (χ1v) is 7.78. The molecule has 2 aromatic rings. The van der Waals surface area contributed by atoms with Crippen molar-refractivity contribution in [1.82, 2.24) is 5.43 Å². The van der Waals surface area contributed by atoms with Crippen LogP contribution < -0.4 is 11.3 Å². The van der Waals surface area contributed by atoms with Gasteiger partial charge in [-0.05, 0) is 55.6 Å². The molecule has 0 aliphatic heterocycles. The molecule has 2 aliphatic rings. The summed E-state index contributed by atoms with van der Waals surface area (Å²) in [5.41, 5.74) is 3.93. The average Bonchev–Trinajstić information content (AvgIpc) is 3.18. The van der Waals surface area contributed by atoms with Crippen molar-refractivity contribution in [1.29, 1.82) is 0 Å². The molecule has 2 aliphatic carbocycles. The molecule has 20 heavy (non-hydrogen) atoms. The van der Waals surface area contributed by atoms with Crippen LogP contribution in [0.25, 0.3) is 11.0 Å². The van der Waals surface area contributed by atoms with Gasteiger partial charge >= 0.3 is 0 Å². The first kappa shape index (κ1) is 12.4. The van der Waals surface area contributed by atoms with Gasteiger partial charge in [0.1, 0.15) is 11.3 Å². The van der Waals surface area contributed by atoms with E-state index in [1.54, 1.807) is 0 Å². The van der Waals surface area contributed by atoms with Gasteiger partial charge in [-0.3, -0.25) is 5.84 Å². The summed E-state index contributed by atoms with van der Waals surface area (Å²) in [6, 6.07) is 10.4. The number of rotatable bonds is 4. The van der Waals surface area contributed by atoms with E-state index in [2.05, 4.69) is 17.6 Å².